The van der Waals surface area contributed by atoms with Crippen LogP contribution < -0.4 is 5.32 Å². The van der Waals surface area contributed by atoms with Crippen LogP contribution in [0.25, 0.3) is 0 Å². The smallest absolute Gasteiger partial charge is 0.255 e. The van der Waals surface area contributed by atoms with Crippen LogP contribution in [0.4, 0.5) is 5.82 Å². The fraction of sp³-hybridized carbons (Fsp3) is 0.538. The van der Waals surface area contributed by atoms with Gasteiger partial charge in [0.05, 0.1) is 10.6 Å². The van der Waals surface area contributed by atoms with Gasteiger partial charge in [-0.05, 0) is 32.3 Å². The normalized spacial score (nSPS) is 15.6. The number of hydrogen-bond acceptors (Lipinski definition) is 3. The Morgan fingerprint density at radius 3 is 2.78 bits per heavy atom. The van der Waals surface area contributed by atoms with Gasteiger partial charge in [-0.15, -0.1) is 0 Å². The van der Waals surface area contributed by atoms with Gasteiger partial charge in [0.15, 0.2) is 0 Å². The summed E-state index contributed by atoms with van der Waals surface area (Å²) in [7, 11) is 0. The average molecular weight is 268 g/mol. The molecule has 5 heteroatoms. The SMILES string of the molecule is CCNc1ncc(C(=O)N2CCCCC2)cc1Cl. The number of hydrogen-bond donors (Lipinski definition) is 1. The van der Waals surface area contributed by atoms with E-state index in [1.807, 2.05) is 11.8 Å². The summed E-state index contributed by atoms with van der Waals surface area (Å²) in [5.74, 6) is 0.668. The number of nitrogens with zero attached hydrogens (tertiary/aromatic N) is 2. The number of rotatable bonds is 3. The first kappa shape index (κ1) is 13.1. The molecule has 1 fully saturated rings. The number of pyridine rings is 1. The highest BCUT2D eigenvalue weighted by Gasteiger charge is 2.19. The Morgan fingerprint density at radius 1 is 1.44 bits per heavy atom. The van der Waals surface area contributed by atoms with E-state index in [-0.39, 0.29) is 5.91 Å². The van der Waals surface area contributed by atoms with Gasteiger partial charge in [0.25, 0.3) is 5.91 Å². The number of piperidine rings is 1. The summed E-state index contributed by atoms with van der Waals surface area (Å²) in [5, 5.41) is 3.55. The Hall–Kier alpha value is -1.29. The van der Waals surface area contributed by atoms with Gasteiger partial charge < -0.3 is 10.2 Å². The maximum absolute atomic E-state index is 12.2. The van der Waals surface area contributed by atoms with Gasteiger partial charge in [-0.2, -0.15) is 0 Å². The van der Waals surface area contributed by atoms with Crippen LogP contribution in [-0.4, -0.2) is 35.4 Å². The van der Waals surface area contributed by atoms with Gasteiger partial charge in [-0.1, -0.05) is 11.6 Å². The van der Waals surface area contributed by atoms with Crippen molar-refractivity contribution in [2.24, 2.45) is 0 Å². The lowest BCUT2D eigenvalue weighted by atomic mass is 10.1. The Labute approximate surface area is 112 Å². The Morgan fingerprint density at radius 2 is 2.17 bits per heavy atom. The van der Waals surface area contributed by atoms with Crippen LogP contribution in [0.2, 0.25) is 5.02 Å². The van der Waals surface area contributed by atoms with Crippen LogP contribution in [0.15, 0.2) is 12.3 Å². The van der Waals surface area contributed by atoms with Crippen molar-refractivity contribution in [1.82, 2.24) is 9.88 Å². The average Bonchev–Trinajstić information content (AvgIpc) is 2.41. The van der Waals surface area contributed by atoms with Crippen LogP contribution in [0.3, 0.4) is 0 Å². The molecule has 1 aromatic heterocycles. The molecule has 0 unspecified atom stereocenters. The van der Waals surface area contributed by atoms with E-state index >= 15 is 0 Å². The summed E-state index contributed by atoms with van der Waals surface area (Å²) >= 11 is 6.10. The van der Waals surface area contributed by atoms with Crippen molar-refractivity contribution < 1.29 is 4.79 Å². The molecule has 0 spiro atoms. The number of amides is 1. The molecule has 0 radical (unpaired) electrons. The number of likely N-dealkylation sites (tertiary alicyclic amines) is 1. The fourth-order valence-electron chi connectivity index (χ4n) is 2.13. The largest absolute Gasteiger partial charge is 0.369 e. The quantitative estimate of drug-likeness (QED) is 0.916. The van der Waals surface area contributed by atoms with Gasteiger partial charge in [0, 0.05) is 25.8 Å². The third-order valence-electron chi connectivity index (χ3n) is 3.08. The monoisotopic (exact) mass is 267 g/mol. The van der Waals surface area contributed by atoms with E-state index in [2.05, 4.69) is 10.3 Å². The molecule has 0 saturated carbocycles. The molecule has 0 atom stereocenters. The maximum atomic E-state index is 12.2. The van der Waals surface area contributed by atoms with E-state index < -0.39 is 0 Å². The zero-order chi connectivity index (χ0) is 13.0. The molecular weight excluding hydrogens is 250 g/mol. The highest BCUT2D eigenvalue weighted by molar-refractivity contribution is 6.33. The molecular formula is C13H18ClN3O. The second-order valence-electron chi connectivity index (χ2n) is 4.44. The third-order valence-corrected chi connectivity index (χ3v) is 3.36. The standard InChI is InChI=1S/C13H18ClN3O/c1-2-15-12-11(14)8-10(9-16-12)13(18)17-6-4-3-5-7-17/h8-9H,2-7H2,1H3,(H,15,16). The van der Waals surface area contributed by atoms with Crippen molar-refractivity contribution in [3.63, 3.8) is 0 Å². The van der Waals surface area contributed by atoms with Gasteiger partial charge in [0.1, 0.15) is 5.82 Å². The molecule has 1 saturated heterocycles. The summed E-state index contributed by atoms with van der Waals surface area (Å²) < 4.78 is 0. The first-order valence-corrected chi connectivity index (χ1v) is 6.79. The Balaban J connectivity index is 2.12. The van der Waals surface area contributed by atoms with Crippen LogP contribution >= 0.6 is 11.6 Å². The van der Waals surface area contributed by atoms with Gasteiger partial charge >= 0.3 is 0 Å². The molecule has 1 aliphatic rings. The molecule has 1 aromatic rings. The molecule has 18 heavy (non-hydrogen) atoms. The number of carbonyl (C=O) groups is 1. The minimum absolute atomic E-state index is 0.0344. The van der Waals surface area contributed by atoms with Crippen molar-refractivity contribution in [1.29, 1.82) is 0 Å². The van der Waals surface area contributed by atoms with E-state index in [0.717, 1.165) is 32.5 Å². The molecule has 0 aliphatic carbocycles. The van der Waals surface area contributed by atoms with Crippen molar-refractivity contribution >= 4 is 23.3 Å². The van der Waals surface area contributed by atoms with Crippen molar-refractivity contribution in [2.75, 3.05) is 25.0 Å². The number of nitrogens with one attached hydrogen (secondary N) is 1. The molecule has 2 heterocycles. The fourth-order valence-corrected chi connectivity index (χ4v) is 2.37. The molecule has 2 rings (SSSR count). The Kier molecular flexibility index (Phi) is 4.42. The van der Waals surface area contributed by atoms with Crippen LogP contribution in [-0.2, 0) is 0 Å². The lowest BCUT2D eigenvalue weighted by molar-refractivity contribution is 0.0724. The highest BCUT2D eigenvalue weighted by Crippen LogP contribution is 2.21. The van der Waals surface area contributed by atoms with Gasteiger partial charge in [-0.3, -0.25) is 4.79 Å². The number of carbonyl (C=O) groups excluding carboxylic acids is 1. The summed E-state index contributed by atoms with van der Waals surface area (Å²) in [6, 6.07) is 1.70. The summed E-state index contributed by atoms with van der Waals surface area (Å²) in [6.45, 7) is 4.41. The molecule has 1 aliphatic heterocycles. The second-order valence-corrected chi connectivity index (χ2v) is 4.84. The zero-order valence-corrected chi connectivity index (χ0v) is 11.3. The molecule has 0 aromatic carbocycles. The molecule has 4 nitrogen and oxygen atoms in total. The third kappa shape index (κ3) is 2.93. The summed E-state index contributed by atoms with van der Waals surface area (Å²) in [5.41, 5.74) is 0.573. The minimum atomic E-state index is 0.0344. The molecule has 1 N–H and O–H groups in total. The molecule has 98 valence electrons. The summed E-state index contributed by atoms with van der Waals surface area (Å²) in [6.07, 6.45) is 4.98. The first-order chi connectivity index (χ1) is 8.72. The van der Waals surface area contributed by atoms with Crippen LogP contribution in [0.5, 0.6) is 0 Å². The van der Waals surface area contributed by atoms with Gasteiger partial charge in [0.2, 0.25) is 0 Å². The lowest BCUT2D eigenvalue weighted by Gasteiger charge is -2.26. The number of aromatic nitrogens is 1. The zero-order valence-electron chi connectivity index (χ0n) is 10.6. The number of anilines is 1. The highest BCUT2D eigenvalue weighted by atomic mass is 35.5. The van der Waals surface area contributed by atoms with E-state index in [4.69, 9.17) is 11.6 Å². The number of halogens is 1. The molecule has 0 bridgehead atoms. The lowest BCUT2D eigenvalue weighted by Crippen LogP contribution is -2.35. The first-order valence-electron chi connectivity index (χ1n) is 6.41. The topological polar surface area (TPSA) is 45.2 Å². The van der Waals surface area contributed by atoms with Crippen LogP contribution in [0, 0.1) is 0 Å². The summed E-state index contributed by atoms with van der Waals surface area (Å²) in [4.78, 5) is 18.3. The predicted molar refractivity (Wildman–Crippen MR) is 73.2 cm³/mol. The van der Waals surface area contributed by atoms with Gasteiger partial charge in [-0.25, -0.2) is 4.98 Å². The second kappa shape index (κ2) is 6.05. The van der Waals surface area contributed by atoms with E-state index in [9.17, 15) is 4.79 Å². The Bertz CT molecular complexity index is 430. The maximum Gasteiger partial charge on any atom is 0.255 e. The predicted octanol–water partition coefficient (Wildman–Crippen LogP) is 2.79. The van der Waals surface area contributed by atoms with E-state index in [0.29, 0.717) is 16.4 Å². The molecule has 1 amide bonds. The minimum Gasteiger partial charge on any atom is -0.369 e. The van der Waals surface area contributed by atoms with Crippen molar-refractivity contribution in [3.05, 3.63) is 22.8 Å². The van der Waals surface area contributed by atoms with Crippen molar-refractivity contribution in [2.45, 2.75) is 26.2 Å². The van der Waals surface area contributed by atoms with Crippen molar-refractivity contribution in [3.8, 4) is 0 Å². The van der Waals surface area contributed by atoms with E-state index in [1.165, 1.54) is 6.42 Å². The van der Waals surface area contributed by atoms with E-state index in [1.54, 1.807) is 12.3 Å². The van der Waals surface area contributed by atoms with Crippen LogP contribution in [0.1, 0.15) is 36.5 Å².